The van der Waals surface area contributed by atoms with Crippen LogP contribution in [-0.2, 0) is 10.8 Å². The van der Waals surface area contributed by atoms with Crippen LogP contribution in [0.2, 0.25) is 0 Å². The van der Waals surface area contributed by atoms with E-state index in [2.05, 4.69) is 201 Å². The highest BCUT2D eigenvalue weighted by molar-refractivity contribution is 6.90. The quantitative estimate of drug-likeness (QED) is 0.154. The van der Waals surface area contributed by atoms with Gasteiger partial charge in [0, 0.05) is 55.0 Å². The third kappa shape index (κ3) is 3.83. The maximum absolute atomic E-state index is 6.95. The third-order valence-corrected chi connectivity index (χ3v) is 15.5. The first kappa shape index (κ1) is 33.4. The van der Waals surface area contributed by atoms with Crippen molar-refractivity contribution in [2.75, 3.05) is 4.90 Å². The van der Waals surface area contributed by atoms with E-state index in [1.54, 1.807) is 0 Å². The standard InChI is InChI=1S/C58H39BN2O/c1-57(2)44-21-10-7-16-35(44)40-28-34(24-25-46(40)57)60-50-29-41-36-17-8-11-22-45(36)58(3,4)47(41)31-48(50)59-54-43(30-52-53(56(54)60)39-18-9-12-23-51(39)62-52)38-20-13-19-37-42-26-32-14-5-6-15-33(32)27-49(42)61(59)55(37)38/h5-31H,1-4H3. The summed E-state index contributed by atoms with van der Waals surface area (Å²) < 4.78 is 9.66. The van der Waals surface area contributed by atoms with Gasteiger partial charge in [-0.05, 0) is 114 Å². The lowest BCUT2D eigenvalue weighted by Crippen LogP contribution is -2.57. The van der Waals surface area contributed by atoms with Crippen LogP contribution in [0.4, 0.5) is 17.1 Å². The number of hydrogen-bond acceptors (Lipinski definition) is 2. The average Bonchev–Trinajstić information content (AvgIpc) is 3.97. The lowest BCUT2D eigenvalue weighted by molar-refractivity contribution is 0.660. The molecule has 2 aromatic heterocycles. The van der Waals surface area contributed by atoms with Gasteiger partial charge in [0.05, 0.1) is 11.1 Å². The van der Waals surface area contributed by atoms with Gasteiger partial charge in [0.1, 0.15) is 11.2 Å². The summed E-state index contributed by atoms with van der Waals surface area (Å²) in [5, 5.41) is 7.40. The first-order chi connectivity index (χ1) is 30.3. The first-order valence-electron chi connectivity index (χ1n) is 22.0. The van der Waals surface area contributed by atoms with Gasteiger partial charge in [-0.1, -0.05) is 149 Å². The van der Waals surface area contributed by atoms with Crippen LogP contribution < -0.4 is 15.8 Å². The van der Waals surface area contributed by atoms with Crippen molar-refractivity contribution in [2.24, 2.45) is 0 Å². The second-order valence-corrected chi connectivity index (χ2v) is 19.2. The third-order valence-electron chi connectivity index (χ3n) is 15.5. The van der Waals surface area contributed by atoms with Crippen molar-refractivity contribution in [1.82, 2.24) is 4.48 Å². The Bertz CT molecular complexity index is 3900. The molecule has 9 aromatic carbocycles. The van der Waals surface area contributed by atoms with Crippen molar-refractivity contribution in [2.45, 2.75) is 38.5 Å². The molecule has 2 aliphatic heterocycles. The Hall–Kier alpha value is -7.30. The maximum Gasteiger partial charge on any atom is 0.333 e. The number of anilines is 3. The van der Waals surface area contributed by atoms with E-state index in [1.165, 1.54) is 111 Å². The van der Waals surface area contributed by atoms with E-state index in [-0.39, 0.29) is 17.7 Å². The highest BCUT2D eigenvalue weighted by Crippen LogP contribution is 2.56. The number of nitrogens with zero attached hydrogens (tertiary/aromatic N) is 2. The molecule has 0 saturated carbocycles. The van der Waals surface area contributed by atoms with Gasteiger partial charge >= 0.3 is 6.85 Å². The van der Waals surface area contributed by atoms with Crippen LogP contribution in [0.1, 0.15) is 49.9 Å². The summed E-state index contributed by atoms with van der Waals surface area (Å²) in [6, 6.07) is 62.2. The van der Waals surface area contributed by atoms with Gasteiger partial charge in [-0.25, -0.2) is 0 Å². The molecule has 0 spiro atoms. The molecule has 3 nitrogen and oxygen atoms in total. The van der Waals surface area contributed by atoms with Crippen LogP contribution in [0.5, 0.6) is 0 Å². The summed E-state index contributed by atoms with van der Waals surface area (Å²) >= 11 is 0. The van der Waals surface area contributed by atoms with Crippen LogP contribution in [0.3, 0.4) is 0 Å². The molecule has 0 radical (unpaired) electrons. The Balaban J connectivity index is 1.15. The van der Waals surface area contributed by atoms with E-state index < -0.39 is 0 Å². The summed E-state index contributed by atoms with van der Waals surface area (Å²) in [5.74, 6) is 0. The minimum absolute atomic E-state index is 0.0971. The van der Waals surface area contributed by atoms with E-state index >= 15 is 0 Å². The molecular formula is C58H39BN2O. The van der Waals surface area contributed by atoms with Gasteiger partial charge in [0.2, 0.25) is 0 Å². The fraction of sp³-hybridized carbons (Fsp3) is 0.103. The molecule has 4 heteroatoms. The second kappa shape index (κ2) is 11.0. The van der Waals surface area contributed by atoms with Gasteiger partial charge in [-0.15, -0.1) is 0 Å². The Morgan fingerprint density at radius 1 is 0.468 bits per heavy atom. The molecule has 62 heavy (non-hydrogen) atoms. The molecule has 0 amide bonds. The minimum Gasteiger partial charge on any atom is -0.456 e. The highest BCUT2D eigenvalue weighted by atomic mass is 16.3. The molecule has 0 atom stereocenters. The molecular weight excluding hydrogens is 751 g/mol. The zero-order valence-electron chi connectivity index (χ0n) is 35.0. The molecule has 0 N–H and O–H groups in total. The first-order valence-corrected chi connectivity index (χ1v) is 22.0. The summed E-state index contributed by atoms with van der Waals surface area (Å²) in [5.41, 5.74) is 23.7. The van der Waals surface area contributed by atoms with Crippen molar-refractivity contribution in [1.29, 1.82) is 0 Å². The Kier molecular flexibility index (Phi) is 5.91. The lowest BCUT2D eigenvalue weighted by Gasteiger charge is -2.41. The Labute approximate surface area is 359 Å². The second-order valence-electron chi connectivity index (χ2n) is 19.2. The van der Waals surface area contributed by atoms with E-state index in [9.17, 15) is 0 Å². The molecule has 0 fully saturated rings. The van der Waals surface area contributed by atoms with E-state index in [1.807, 2.05) is 0 Å². The number of benzene rings is 9. The number of aromatic nitrogens is 1. The lowest BCUT2D eigenvalue weighted by atomic mass is 9.44. The predicted octanol–water partition coefficient (Wildman–Crippen LogP) is 13.9. The summed E-state index contributed by atoms with van der Waals surface area (Å²) in [6.45, 7) is 9.47. The molecule has 0 saturated heterocycles. The van der Waals surface area contributed by atoms with Crippen LogP contribution >= 0.6 is 0 Å². The molecule has 0 unspecified atom stereocenters. The molecule has 290 valence electrons. The van der Waals surface area contributed by atoms with E-state index in [4.69, 9.17) is 4.42 Å². The number of rotatable bonds is 1. The van der Waals surface area contributed by atoms with E-state index in [0.717, 1.165) is 27.6 Å². The van der Waals surface area contributed by atoms with Crippen molar-refractivity contribution in [3.63, 3.8) is 0 Å². The molecule has 4 aliphatic rings. The van der Waals surface area contributed by atoms with Crippen molar-refractivity contribution in [3.05, 3.63) is 186 Å². The van der Waals surface area contributed by atoms with Crippen LogP contribution in [-0.4, -0.2) is 11.3 Å². The Morgan fingerprint density at radius 2 is 1.11 bits per heavy atom. The van der Waals surface area contributed by atoms with Crippen molar-refractivity contribution in [3.8, 4) is 33.4 Å². The Morgan fingerprint density at radius 3 is 1.92 bits per heavy atom. The number of hydrogen-bond donors (Lipinski definition) is 0. The van der Waals surface area contributed by atoms with Gasteiger partial charge in [-0.2, -0.15) is 0 Å². The number of fused-ring (bicyclic) bond motifs is 18. The molecule has 15 rings (SSSR count). The molecule has 4 heterocycles. The molecule has 11 aromatic rings. The van der Waals surface area contributed by atoms with Gasteiger partial charge < -0.3 is 13.8 Å². The minimum atomic E-state index is -0.167. The average molecular weight is 791 g/mol. The number of para-hydroxylation sites is 2. The summed E-state index contributed by atoms with van der Waals surface area (Å²) in [7, 11) is 0. The SMILES string of the molecule is CC1(C)c2ccccc2-c2cc(N3c4cc5c(cc4B4c6c(cc7oc8ccccc8c7c63)-c3cccc6c7cc8ccccc8cc7n4c36)C(C)(C)c3ccccc3-5)ccc21. The summed E-state index contributed by atoms with van der Waals surface area (Å²) in [4.78, 5) is 2.63. The zero-order valence-corrected chi connectivity index (χ0v) is 35.0. The fourth-order valence-electron chi connectivity index (χ4n) is 12.7. The van der Waals surface area contributed by atoms with Gasteiger partial charge in [-0.3, -0.25) is 0 Å². The monoisotopic (exact) mass is 790 g/mol. The van der Waals surface area contributed by atoms with Gasteiger partial charge in [0.25, 0.3) is 0 Å². The molecule has 2 aliphatic carbocycles. The van der Waals surface area contributed by atoms with Crippen molar-refractivity contribution < 1.29 is 4.42 Å². The van der Waals surface area contributed by atoms with Crippen LogP contribution in [0.25, 0.3) is 87.9 Å². The number of furan rings is 1. The predicted molar refractivity (Wildman–Crippen MR) is 260 cm³/mol. The summed E-state index contributed by atoms with van der Waals surface area (Å²) in [6.07, 6.45) is 0. The molecule has 0 bridgehead atoms. The fourth-order valence-corrected chi connectivity index (χ4v) is 12.7. The van der Waals surface area contributed by atoms with Crippen LogP contribution in [0.15, 0.2) is 168 Å². The van der Waals surface area contributed by atoms with E-state index in [0.29, 0.717) is 0 Å². The maximum atomic E-state index is 6.95. The zero-order chi connectivity index (χ0) is 41.0. The van der Waals surface area contributed by atoms with Crippen molar-refractivity contribution >= 4 is 89.4 Å². The largest absolute Gasteiger partial charge is 0.456 e. The van der Waals surface area contributed by atoms with Crippen LogP contribution in [0, 0.1) is 0 Å². The van der Waals surface area contributed by atoms with Gasteiger partial charge in [0.15, 0.2) is 0 Å². The smallest absolute Gasteiger partial charge is 0.333 e. The normalized spacial score (nSPS) is 15.6. The topological polar surface area (TPSA) is 21.3 Å². The highest BCUT2D eigenvalue weighted by Gasteiger charge is 2.47.